The smallest absolute Gasteiger partial charge is 0.224 e. The van der Waals surface area contributed by atoms with Crippen molar-refractivity contribution in [2.75, 3.05) is 0 Å². The van der Waals surface area contributed by atoms with Crippen LogP contribution in [-0.4, -0.2) is 15.9 Å². The Bertz CT molecular complexity index is 496. The molecule has 2 N–H and O–H groups in total. The van der Waals surface area contributed by atoms with Crippen molar-refractivity contribution in [1.29, 1.82) is 0 Å². The molecule has 1 aromatic heterocycles. The molecule has 0 atom stereocenters. The normalized spacial score (nSPS) is 10.2. The zero-order valence-electron chi connectivity index (χ0n) is 9.11. The second-order valence-corrected chi connectivity index (χ2v) is 4.10. The number of imidazole rings is 1. The molecule has 0 spiro atoms. The monoisotopic (exact) mass is 249 g/mol. The van der Waals surface area contributed by atoms with Gasteiger partial charge >= 0.3 is 0 Å². The number of carbonyl (C=O) groups excluding carboxylic acids is 1. The fourth-order valence-electron chi connectivity index (χ4n) is 1.47. The Kier molecular flexibility index (Phi) is 3.77. The van der Waals surface area contributed by atoms with Crippen LogP contribution in [0, 0.1) is 0 Å². The summed E-state index contributed by atoms with van der Waals surface area (Å²) < 4.78 is 0. The Balaban J connectivity index is 1.85. The Labute approximate surface area is 104 Å². The first kappa shape index (κ1) is 11.7. The van der Waals surface area contributed by atoms with Gasteiger partial charge in [-0.3, -0.25) is 4.79 Å². The Morgan fingerprint density at radius 1 is 1.47 bits per heavy atom. The number of nitrogens with one attached hydrogen (secondary N) is 2. The van der Waals surface area contributed by atoms with E-state index >= 15 is 0 Å². The van der Waals surface area contributed by atoms with Crippen molar-refractivity contribution < 1.29 is 4.79 Å². The van der Waals surface area contributed by atoms with Gasteiger partial charge in [0.05, 0.1) is 25.0 Å². The number of rotatable bonds is 4. The summed E-state index contributed by atoms with van der Waals surface area (Å²) in [6.45, 7) is 0.458. The van der Waals surface area contributed by atoms with Crippen molar-refractivity contribution in [3.63, 3.8) is 0 Å². The van der Waals surface area contributed by atoms with Crippen molar-refractivity contribution in [2.45, 2.75) is 13.0 Å². The van der Waals surface area contributed by atoms with Crippen LogP contribution in [0.15, 0.2) is 36.8 Å². The second-order valence-electron chi connectivity index (χ2n) is 3.66. The molecule has 0 fully saturated rings. The van der Waals surface area contributed by atoms with Crippen LogP contribution in [0.5, 0.6) is 0 Å². The van der Waals surface area contributed by atoms with E-state index in [0.29, 0.717) is 18.0 Å². The van der Waals surface area contributed by atoms with Gasteiger partial charge in [0, 0.05) is 11.2 Å². The number of hydrogen-bond donors (Lipinski definition) is 2. The molecule has 2 rings (SSSR count). The van der Waals surface area contributed by atoms with E-state index in [4.69, 9.17) is 11.6 Å². The van der Waals surface area contributed by atoms with Gasteiger partial charge < -0.3 is 10.3 Å². The Hall–Kier alpha value is -1.81. The van der Waals surface area contributed by atoms with Gasteiger partial charge in [-0.1, -0.05) is 23.7 Å². The summed E-state index contributed by atoms with van der Waals surface area (Å²) in [6.07, 6.45) is 3.59. The number of carbonyl (C=O) groups is 1. The second kappa shape index (κ2) is 5.50. The lowest BCUT2D eigenvalue weighted by molar-refractivity contribution is -0.120. The van der Waals surface area contributed by atoms with Gasteiger partial charge in [-0.05, 0) is 17.7 Å². The predicted octanol–water partition coefficient (Wildman–Crippen LogP) is 1.92. The molecule has 1 heterocycles. The SMILES string of the molecule is O=C(Cc1cccc(Cl)c1)NCc1cnc[nH]1. The van der Waals surface area contributed by atoms with Crippen molar-refractivity contribution in [3.05, 3.63) is 53.1 Å². The van der Waals surface area contributed by atoms with Gasteiger partial charge in [0.25, 0.3) is 0 Å². The van der Waals surface area contributed by atoms with Gasteiger partial charge in [-0.25, -0.2) is 4.98 Å². The number of benzene rings is 1. The highest BCUT2D eigenvalue weighted by atomic mass is 35.5. The van der Waals surface area contributed by atoms with Gasteiger partial charge in [0.2, 0.25) is 5.91 Å². The maximum absolute atomic E-state index is 11.6. The zero-order valence-corrected chi connectivity index (χ0v) is 9.87. The molecule has 1 aromatic carbocycles. The summed E-state index contributed by atoms with van der Waals surface area (Å²) >= 11 is 5.84. The molecule has 0 saturated carbocycles. The number of H-pyrrole nitrogens is 1. The van der Waals surface area contributed by atoms with Crippen LogP contribution < -0.4 is 5.32 Å². The molecular formula is C12H12ClN3O. The first-order valence-corrected chi connectivity index (χ1v) is 5.60. The van der Waals surface area contributed by atoms with E-state index in [9.17, 15) is 4.79 Å². The van der Waals surface area contributed by atoms with E-state index in [2.05, 4.69) is 15.3 Å². The van der Waals surface area contributed by atoms with E-state index in [1.165, 1.54) is 0 Å². The lowest BCUT2D eigenvalue weighted by atomic mass is 10.1. The van der Waals surface area contributed by atoms with Crippen LogP contribution >= 0.6 is 11.6 Å². The molecule has 0 unspecified atom stereocenters. The summed E-state index contributed by atoms with van der Waals surface area (Å²) in [5.41, 5.74) is 1.78. The molecule has 5 heteroatoms. The highest BCUT2D eigenvalue weighted by Crippen LogP contribution is 2.10. The molecule has 0 aliphatic rings. The molecule has 1 amide bonds. The third-order valence-corrected chi connectivity index (χ3v) is 2.52. The number of hydrogen-bond acceptors (Lipinski definition) is 2. The minimum absolute atomic E-state index is 0.0399. The van der Waals surface area contributed by atoms with Gasteiger partial charge in [0.1, 0.15) is 0 Å². The molecule has 0 saturated heterocycles. The van der Waals surface area contributed by atoms with Crippen LogP contribution in [0.2, 0.25) is 5.02 Å². The first-order valence-electron chi connectivity index (χ1n) is 5.22. The highest BCUT2D eigenvalue weighted by Gasteiger charge is 2.04. The molecule has 0 bridgehead atoms. The Morgan fingerprint density at radius 3 is 3.06 bits per heavy atom. The quantitative estimate of drug-likeness (QED) is 0.870. The summed E-state index contributed by atoms with van der Waals surface area (Å²) in [5.74, 6) is -0.0399. The third-order valence-electron chi connectivity index (χ3n) is 2.28. The number of nitrogens with zero attached hydrogens (tertiary/aromatic N) is 1. The molecule has 4 nitrogen and oxygen atoms in total. The van der Waals surface area contributed by atoms with Crippen LogP contribution in [0.1, 0.15) is 11.3 Å². The van der Waals surface area contributed by atoms with Gasteiger partial charge in [-0.2, -0.15) is 0 Å². The van der Waals surface area contributed by atoms with Crippen molar-refractivity contribution in [3.8, 4) is 0 Å². The van der Waals surface area contributed by atoms with Crippen LogP contribution in [0.3, 0.4) is 0 Å². The molecule has 88 valence electrons. The fraction of sp³-hybridized carbons (Fsp3) is 0.167. The lowest BCUT2D eigenvalue weighted by Crippen LogP contribution is -2.24. The lowest BCUT2D eigenvalue weighted by Gasteiger charge is -2.04. The number of aromatic nitrogens is 2. The highest BCUT2D eigenvalue weighted by molar-refractivity contribution is 6.30. The molecular weight excluding hydrogens is 238 g/mol. The molecule has 0 radical (unpaired) electrons. The predicted molar refractivity (Wildman–Crippen MR) is 65.6 cm³/mol. The summed E-state index contributed by atoms with van der Waals surface area (Å²) in [6, 6.07) is 7.28. The fourth-order valence-corrected chi connectivity index (χ4v) is 1.68. The topological polar surface area (TPSA) is 57.8 Å². The standard InChI is InChI=1S/C12H12ClN3O/c13-10-3-1-2-9(4-10)5-12(17)15-7-11-6-14-8-16-11/h1-4,6,8H,5,7H2,(H,14,16)(H,15,17). The first-order chi connectivity index (χ1) is 8.24. The van der Waals surface area contributed by atoms with E-state index in [-0.39, 0.29) is 5.91 Å². The minimum atomic E-state index is -0.0399. The number of halogens is 1. The molecule has 2 aromatic rings. The molecule has 0 aliphatic carbocycles. The van der Waals surface area contributed by atoms with Crippen LogP contribution in [-0.2, 0) is 17.8 Å². The summed E-state index contributed by atoms with van der Waals surface area (Å²) in [7, 11) is 0. The number of amides is 1. The molecule has 0 aliphatic heterocycles. The van der Waals surface area contributed by atoms with Gasteiger partial charge in [-0.15, -0.1) is 0 Å². The van der Waals surface area contributed by atoms with E-state index in [1.54, 1.807) is 24.7 Å². The third kappa shape index (κ3) is 3.60. The average molecular weight is 250 g/mol. The van der Waals surface area contributed by atoms with Gasteiger partial charge in [0.15, 0.2) is 0 Å². The van der Waals surface area contributed by atoms with Crippen LogP contribution in [0.4, 0.5) is 0 Å². The zero-order chi connectivity index (χ0) is 12.1. The van der Waals surface area contributed by atoms with E-state index < -0.39 is 0 Å². The van der Waals surface area contributed by atoms with Crippen molar-refractivity contribution >= 4 is 17.5 Å². The maximum Gasteiger partial charge on any atom is 0.224 e. The summed E-state index contributed by atoms with van der Waals surface area (Å²) in [4.78, 5) is 18.4. The van der Waals surface area contributed by atoms with Crippen molar-refractivity contribution in [2.24, 2.45) is 0 Å². The van der Waals surface area contributed by atoms with Crippen molar-refractivity contribution in [1.82, 2.24) is 15.3 Å². The Morgan fingerprint density at radius 2 is 2.35 bits per heavy atom. The maximum atomic E-state index is 11.6. The average Bonchev–Trinajstić information content (AvgIpc) is 2.79. The van der Waals surface area contributed by atoms with Crippen LogP contribution in [0.25, 0.3) is 0 Å². The van der Waals surface area contributed by atoms with E-state index in [0.717, 1.165) is 11.3 Å². The minimum Gasteiger partial charge on any atom is -0.350 e. The largest absolute Gasteiger partial charge is 0.350 e. The number of aromatic amines is 1. The van der Waals surface area contributed by atoms with E-state index in [1.807, 2.05) is 12.1 Å². The summed E-state index contributed by atoms with van der Waals surface area (Å²) in [5, 5.41) is 3.44. The molecule has 17 heavy (non-hydrogen) atoms.